The van der Waals surface area contributed by atoms with Crippen molar-refractivity contribution in [3.8, 4) is 0 Å². The van der Waals surface area contributed by atoms with E-state index < -0.39 is 0 Å². The lowest BCUT2D eigenvalue weighted by Crippen LogP contribution is -2.40. The van der Waals surface area contributed by atoms with Crippen molar-refractivity contribution in [1.29, 1.82) is 0 Å². The molecule has 0 bridgehead atoms. The summed E-state index contributed by atoms with van der Waals surface area (Å²) in [7, 11) is 0. The minimum absolute atomic E-state index is 0.395. The van der Waals surface area contributed by atoms with Gasteiger partial charge in [-0.3, -0.25) is 0 Å². The first-order chi connectivity index (χ1) is 8.34. The fourth-order valence-electron chi connectivity index (χ4n) is 1.89. The molecule has 1 aromatic rings. The van der Waals surface area contributed by atoms with Gasteiger partial charge in [-0.15, -0.1) is 11.3 Å². The second-order valence-electron chi connectivity index (χ2n) is 4.19. The van der Waals surface area contributed by atoms with Gasteiger partial charge in [0.25, 0.3) is 0 Å². The summed E-state index contributed by atoms with van der Waals surface area (Å²) in [5, 5.41) is 6.82. The summed E-state index contributed by atoms with van der Waals surface area (Å²) in [6.07, 6.45) is 2.60. The predicted molar refractivity (Wildman–Crippen MR) is 75.8 cm³/mol. The molecule has 2 N–H and O–H groups in total. The fraction of sp³-hybridized carbons (Fsp3) is 0.667. The highest BCUT2D eigenvalue weighted by Crippen LogP contribution is 2.21. The van der Waals surface area contributed by atoms with Crippen LogP contribution in [-0.4, -0.2) is 38.9 Å². The molecule has 1 atom stereocenters. The van der Waals surface area contributed by atoms with Crippen LogP contribution in [0, 0.1) is 0 Å². The van der Waals surface area contributed by atoms with E-state index in [9.17, 15) is 0 Å². The highest BCUT2D eigenvalue weighted by atomic mass is 79.9. The van der Waals surface area contributed by atoms with E-state index in [1.807, 2.05) is 11.3 Å². The van der Waals surface area contributed by atoms with E-state index in [0.29, 0.717) is 6.10 Å². The van der Waals surface area contributed by atoms with E-state index in [2.05, 4.69) is 38.7 Å². The second kappa shape index (κ2) is 7.48. The molecular formula is C12H19BrN2OS. The van der Waals surface area contributed by atoms with Gasteiger partial charge in [-0.05, 0) is 54.0 Å². The molecular weight excluding hydrogens is 300 g/mol. The zero-order chi connectivity index (χ0) is 11.9. The van der Waals surface area contributed by atoms with Gasteiger partial charge in [-0.2, -0.15) is 0 Å². The van der Waals surface area contributed by atoms with Gasteiger partial charge in [-0.25, -0.2) is 0 Å². The molecule has 2 heterocycles. The zero-order valence-corrected chi connectivity index (χ0v) is 12.3. The highest BCUT2D eigenvalue weighted by Gasteiger charge is 2.11. The SMILES string of the molecule is Brc1ccc(CCNCCC2CNCCO2)s1. The van der Waals surface area contributed by atoms with Gasteiger partial charge in [0, 0.05) is 18.0 Å². The Morgan fingerprint density at radius 1 is 1.47 bits per heavy atom. The Morgan fingerprint density at radius 2 is 2.41 bits per heavy atom. The minimum Gasteiger partial charge on any atom is -0.376 e. The lowest BCUT2D eigenvalue weighted by Gasteiger charge is -2.23. The maximum absolute atomic E-state index is 5.64. The van der Waals surface area contributed by atoms with E-state index in [0.717, 1.165) is 45.6 Å². The monoisotopic (exact) mass is 318 g/mol. The molecule has 1 aromatic heterocycles. The van der Waals surface area contributed by atoms with Gasteiger partial charge in [-0.1, -0.05) is 0 Å². The van der Waals surface area contributed by atoms with Crippen LogP contribution < -0.4 is 10.6 Å². The molecule has 2 rings (SSSR count). The molecule has 1 fully saturated rings. The van der Waals surface area contributed by atoms with Gasteiger partial charge in [0.1, 0.15) is 0 Å². The molecule has 5 heteroatoms. The third-order valence-electron chi connectivity index (χ3n) is 2.82. The van der Waals surface area contributed by atoms with E-state index in [1.54, 1.807) is 0 Å². The van der Waals surface area contributed by atoms with Gasteiger partial charge in [0.05, 0.1) is 16.5 Å². The van der Waals surface area contributed by atoms with E-state index >= 15 is 0 Å². The van der Waals surface area contributed by atoms with Crippen LogP contribution >= 0.6 is 27.3 Å². The minimum atomic E-state index is 0.395. The summed E-state index contributed by atoms with van der Waals surface area (Å²) >= 11 is 5.30. The second-order valence-corrected chi connectivity index (χ2v) is 6.74. The average Bonchev–Trinajstić information content (AvgIpc) is 2.76. The Kier molecular flexibility index (Phi) is 5.94. The summed E-state index contributed by atoms with van der Waals surface area (Å²) in [6, 6.07) is 4.30. The molecule has 1 unspecified atom stereocenters. The summed E-state index contributed by atoms with van der Waals surface area (Å²) in [6.45, 7) is 4.94. The van der Waals surface area contributed by atoms with Crippen LogP contribution in [0.25, 0.3) is 0 Å². The van der Waals surface area contributed by atoms with E-state index in [-0.39, 0.29) is 0 Å². The molecule has 0 radical (unpaired) electrons. The standard InChI is InChI=1S/C12H19BrN2OS/c13-12-2-1-11(17-12)4-6-14-5-3-10-9-15-7-8-16-10/h1-2,10,14-15H,3-9H2. The molecule has 1 aliphatic rings. The van der Waals surface area contributed by atoms with Gasteiger partial charge in [0.2, 0.25) is 0 Å². The largest absolute Gasteiger partial charge is 0.376 e. The number of hydrogen-bond donors (Lipinski definition) is 2. The molecule has 0 aliphatic carbocycles. The first-order valence-corrected chi connectivity index (χ1v) is 7.73. The van der Waals surface area contributed by atoms with Crippen molar-refractivity contribution >= 4 is 27.3 Å². The van der Waals surface area contributed by atoms with Gasteiger partial charge in [0.15, 0.2) is 0 Å². The number of morpholine rings is 1. The highest BCUT2D eigenvalue weighted by molar-refractivity contribution is 9.11. The van der Waals surface area contributed by atoms with Crippen LogP contribution in [0.5, 0.6) is 0 Å². The predicted octanol–water partition coefficient (Wildman–Crippen LogP) is 2.02. The lowest BCUT2D eigenvalue weighted by atomic mass is 10.2. The van der Waals surface area contributed by atoms with Crippen molar-refractivity contribution in [2.45, 2.75) is 18.9 Å². The lowest BCUT2D eigenvalue weighted by molar-refractivity contribution is 0.0239. The van der Waals surface area contributed by atoms with Crippen molar-refractivity contribution in [1.82, 2.24) is 10.6 Å². The van der Waals surface area contributed by atoms with Crippen molar-refractivity contribution in [2.75, 3.05) is 32.8 Å². The van der Waals surface area contributed by atoms with Crippen molar-refractivity contribution < 1.29 is 4.74 Å². The normalized spacial score (nSPS) is 20.6. The number of rotatable bonds is 6. The molecule has 0 saturated carbocycles. The fourth-order valence-corrected chi connectivity index (χ4v) is 3.37. The first kappa shape index (κ1) is 13.5. The molecule has 96 valence electrons. The van der Waals surface area contributed by atoms with E-state index in [4.69, 9.17) is 4.74 Å². The van der Waals surface area contributed by atoms with Crippen molar-refractivity contribution in [2.24, 2.45) is 0 Å². The maximum Gasteiger partial charge on any atom is 0.0712 e. The van der Waals surface area contributed by atoms with Crippen molar-refractivity contribution in [3.63, 3.8) is 0 Å². The third-order valence-corrected chi connectivity index (χ3v) is 4.51. The van der Waals surface area contributed by atoms with Crippen LogP contribution in [0.2, 0.25) is 0 Å². The molecule has 1 saturated heterocycles. The Morgan fingerprint density at radius 3 is 3.12 bits per heavy atom. The summed E-state index contributed by atoms with van der Waals surface area (Å²) in [5.74, 6) is 0. The average molecular weight is 319 g/mol. The van der Waals surface area contributed by atoms with Crippen molar-refractivity contribution in [3.05, 3.63) is 20.8 Å². The summed E-state index contributed by atoms with van der Waals surface area (Å²) in [5.41, 5.74) is 0. The van der Waals surface area contributed by atoms with Crippen LogP contribution in [0.4, 0.5) is 0 Å². The maximum atomic E-state index is 5.64. The molecule has 17 heavy (non-hydrogen) atoms. The summed E-state index contributed by atoms with van der Waals surface area (Å²) < 4.78 is 6.86. The molecule has 0 amide bonds. The quantitative estimate of drug-likeness (QED) is 0.787. The van der Waals surface area contributed by atoms with Crippen LogP contribution in [-0.2, 0) is 11.2 Å². The summed E-state index contributed by atoms with van der Waals surface area (Å²) in [4.78, 5) is 1.43. The smallest absolute Gasteiger partial charge is 0.0712 e. The van der Waals surface area contributed by atoms with Crippen LogP contribution in [0.15, 0.2) is 15.9 Å². The van der Waals surface area contributed by atoms with Crippen LogP contribution in [0.3, 0.4) is 0 Å². The number of ether oxygens (including phenoxy) is 1. The first-order valence-electron chi connectivity index (χ1n) is 6.12. The zero-order valence-electron chi connectivity index (χ0n) is 9.88. The van der Waals surface area contributed by atoms with E-state index in [1.165, 1.54) is 8.66 Å². The topological polar surface area (TPSA) is 33.3 Å². The Hall–Kier alpha value is 0.0600. The molecule has 0 spiro atoms. The Balaban J connectivity index is 1.51. The van der Waals surface area contributed by atoms with Gasteiger partial charge >= 0.3 is 0 Å². The third kappa shape index (κ3) is 5.06. The number of halogens is 1. The molecule has 0 aromatic carbocycles. The number of hydrogen-bond acceptors (Lipinski definition) is 4. The van der Waals surface area contributed by atoms with Gasteiger partial charge < -0.3 is 15.4 Å². The molecule has 3 nitrogen and oxygen atoms in total. The number of nitrogens with one attached hydrogen (secondary N) is 2. The molecule has 1 aliphatic heterocycles. The Labute approximate surface area is 115 Å². The Bertz CT molecular complexity index is 326. The number of thiophene rings is 1. The van der Waals surface area contributed by atoms with Crippen LogP contribution in [0.1, 0.15) is 11.3 Å².